The molecule has 0 radical (unpaired) electrons. The van der Waals surface area contributed by atoms with Gasteiger partial charge in [-0.05, 0) is 48.2 Å². The van der Waals surface area contributed by atoms with Gasteiger partial charge in [-0.1, -0.05) is 0 Å². The molecule has 1 aromatic carbocycles. The highest BCUT2D eigenvalue weighted by molar-refractivity contribution is 7.99. The number of benzene rings is 1. The fraction of sp³-hybridized carbons (Fsp3) is 0.0667. The zero-order valence-corrected chi connectivity index (χ0v) is 12.4. The third kappa shape index (κ3) is 2.92. The first kappa shape index (κ1) is 14.1. The molecular formula is C15H10N4O2S. The summed E-state index contributed by atoms with van der Waals surface area (Å²) in [6, 6.07) is 12.8. The van der Waals surface area contributed by atoms with E-state index in [-0.39, 0.29) is 0 Å². The SMILES string of the molecule is COc1ccc(-c2nnc(Sc3ncccc3C#N)o2)cc1. The van der Waals surface area contributed by atoms with Gasteiger partial charge in [-0.25, -0.2) is 4.98 Å². The van der Waals surface area contributed by atoms with Crippen LogP contribution in [0.4, 0.5) is 0 Å². The van der Waals surface area contributed by atoms with E-state index in [1.54, 1.807) is 25.4 Å². The summed E-state index contributed by atoms with van der Waals surface area (Å²) in [6.07, 6.45) is 1.62. The molecule has 0 atom stereocenters. The molecule has 7 heteroatoms. The van der Waals surface area contributed by atoms with Gasteiger partial charge < -0.3 is 9.15 Å². The van der Waals surface area contributed by atoms with E-state index in [0.717, 1.165) is 23.1 Å². The first-order valence-corrected chi connectivity index (χ1v) is 7.12. The van der Waals surface area contributed by atoms with E-state index in [2.05, 4.69) is 21.3 Å². The maximum atomic E-state index is 9.05. The number of methoxy groups -OCH3 is 1. The highest BCUT2D eigenvalue weighted by atomic mass is 32.2. The van der Waals surface area contributed by atoms with Crippen molar-refractivity contribution in [3.8, 4) is 23.3 Å². The fourth-order valence-corrected chi connectivity index (χ4v) is 2.45. The van der Waals surface area contributed by atoms with Crippen LogP contribution in [0.3, 0.4) is 0 Å². The molecular weight excluding hydrogens is 300 g/mol. The van der Waals surface area contributed by atoms with Crippen molar-refractivity contribution >= 4 is 11.8 Å². The molecule has 0 spiro atoms. The van der Waals surface area contributed by atoms with Crippen molar-refractivity contribution in [2.75, 3.05) is 7.11 Å². The van der Waals surface area contributed by atoms with Crippen molar-refractivity contribution in [2.24, 2.45) is 0 Å². The number of hydrogen-bond acceptors (Lipinski definition) is 7. The average molecular weight is 310 g/mol. The minimum Gasteiger partial charge on any atom is -0.497 e. The zero-order chi connectivity index (χ0) is 15.4. The van der Waals surface area contributed by atoms with E-state index in [9.17, 15) is 0 Å². The lowest BCUT2D eigenvalue weighted by molar-refractivity contribution is 0.414. The molecule has 3 rings (SSSR count). The van der Waals surface area contributed by atoms with Crippen LogP contribution in [0.2, 0.25) is 0 Å². The van der Waals surface area contributed by atoms with Gasteiger partial charge in [0.25, 0.3) is 5.22 Å². The van der Waals surface area contributed by atoms with Crippen LogP contribution in [0, 0.1) is 11.3 Å². The third-order valence-electron chi connectivity index (χ3n) is 2.82. The van der Waals surface area contributed by atoms with Gasteiger partial charge in [-0.2, -0.15) is 5.26 Å². The summed E-state index contributed by atoms with van der Waals surface area (Å²) >= 11 is 1.16. The van der Waals surface area contributed by atoms with Crippen molar-refractivity contribution in [3.05, 3.63) is 48.2 Å². The predicted molar refractivity (Wildman–Crippen MR) is 79.4 cm³/mol. The number of ether oxygens (including phenoxy) is 1. The smallest absolute Gasteiger partial charge is 0.283 e. The quantitative estimate of drug-likeness (QED) is 0.731. The molecule has 0 aliphatic heterocycles. The van der Waals surface area contributed by atoms with E-state index in [1.165, 1.54) is 0 Å². The van der Waals surface area contributed by atoms with E-state index in [1.807, 2.05) is 24.3 Å². The third-order valence-corrected chi connectivity index (χ3v) is 3.68. The normalized spacial score (nSPS) is 10.2. The van der Waals surface area contributed by atoms with Gasteiger partial charge in [0.15, 0.2) is 0 Å². The molecule has 6 nitrogen and oxygen atoms in total. The Bertz CT molecular complexity index is 824. The molecule has 108 valence electrons. The monoisotopic (exact) mass is 310 g/mol. The molecule has 3 aromatic rings. The van der Waals surface area contributed by atoms with Gasteiger partial charge >= 0.3 is 0 Å². The summed E-state index contributed by atoms with van der Waals surface area (Å²) in [5.74, 6) is 1.16. The van der Waals surface area contributed by atoms with Crippen LogP contribution in [0.15, 0.2) is 57.3 Å². The van der Waals surface area contributed by atoms with Gasteiger partial charge in [0.1, 0.15) is 16.8 Å². The van der Waals surface area contributed by atoms with E-state index in [0.29, 0.717) is 21.7 Å². The fourth-order valence-electron chi connectivity index (χ4n) is 1.74. The lowest BCUT2D eigenvalue weighted by atomic mass is 10.2. The van der Waals surface area contributed by atoms with Gasteiger partial charge in [-0.3, -0.25) is 0 Å². The van der Waals surface area contributed by atoms with E-state index in [4.69, 9.17) is 14.4 Å². The highest BCUT2D eigenvalue weighted by Gasteiger charge is 2.13. The number of hydrogen-bond donors (Lipinski definition) is 0. The molecule has 0 unspecified atom stereocenters. The van der Waals surface area contributed by atoms with Crippen LogP contribution in [-0.2, 0) is 0 Å². The van der Waals surface area contributed by atoms with Gasteiger partial charge in [0.2, 0.25) is 5.89 Å². The first-order valence-electron chi connectivity index (χ1n) is 6.31. The summed E-state index contributed by atoms with van der Waals surface area (Å²) in [6.45, 7) is 0. The maximum absolute atomic E-state index is 9.05. The van der Waals surface area contributed by atoms with Crippen LogP contribution < -0.4 is 4.74 Å². The van der Waals surface area contributed by atoms with E-state index >= 15 is 0 Å². The maximum Gasteiger partial charge on any atom is 0.283 e. The van der Waals surface area contributed by atoms with Crippen LogP contribution >= 0.6 is 11.8 Å². The molecule has 0 saturated carbocycles. The van der Waals surface area contributed by atoms with Crippen LogP contribution in [0.25, 0.3) is 11.5 Å². The number of rotatable bonds is 4. The summed E-state index contributed by atoms with van der Waals surface area (Å²) in [4.78, 5) is 4.15. The second-order valence-corrected chi connectivity index (χ2v) is 5.11. The number of aromatic nitrogens is 3. The minimum absolute atomic E-state index is 0.334. The second-order valence-electron chi connectivity index (χ2n) is 4.17. The van der Waals surface area contributed by atoms with Gasteiger partial charge in [0, 0.05) is 11.8 Å². The van der Waals surface area contributed by atoms with Crippen molar-refractivity contribution in [1.82, 2.24) is 15.2 Å². The Morgan fingerprint density at radius 2 is 2.00 bits per heavy atom. The largest absolute Gasteiger partial charge is 0.497 e. The summed E-state index contributed by atoms with van der Waals surface area (Å²) in [7, 11) is 1.61. The molecule has 22 heavy (non-hydrogen) atoms. The number of pyridine rings is 1. The van der Waals surface area contributed by atoms with Gasteiger partial charge in [-0.15, -0.1) is 10.2 Å². The van der Waals surface area contributed by atoms with Gasteiger partial charge in [0.05, 0.1) is 12.7 Å². The number of nitrogens with zero attached hydrogens (tertiary/aromatic N) is 4. The summed E-state index contributed by atoms with van der Waals surface area (Å²) < 4.78 is 10.7. The molecule has 0 amide bonds. The average Bonchev–Trinajstić information content (AvgIpc) is 3.04. The molecule has 0 aliphatic carbocycles. The highest BCUT2D eigenvalue weighted by Crippen LogP contribution is 2.30. The van der Waals surface area contributed by atoms with Crippen molar-refractivity contribution < 1.29 is 9.15 Å². The van der Waals surface area contributed by atoms with Crippen molar-refractivity contribution in [3.63, 3.8) is 0 Å². The summed E-state index contributed by atoms with van der Waals surface area (Å²) in [5.41, 5.74) is 1.26. The Hall–Kier alpha value is -2.85. The molecule has 0 bridgehead atoms. The molecule has 0 N–H and O–H groups in total. The summed E-state index contributed by atoms with van der Waals surface area (Å²) in [5, 5.41) is 17.9. The minimum atomic E-state index is 0.334. The molecule has 2 aromatic heterocycles. The van der Waals surface area contributed by atoms with E-state index < -0.39 is 0 Å². The van der Waals surface area contributed by atoms with Crippen molar-refractivity contribution in [2.45, 2.75) is 10.2 Å². The van der Waals surface area contributed by atoms with Crippen LogP contribution in [-0.4, -0.2) is 22.3 Å². The van der Waals surface area contributed by atoms with Crippen LogP contribution in [0.1, 0.15) is 5.56 Å². The Kier molecular flexibility index (Phi) is 4.03. The lowest BCUT2D eigenvalue weighted by Gasteiger charge is -1.99. The Labute approximate surface area is 130 Å². The zero-order valence-electron chi connectivity index (χ0n) is 11.6. The Balaban J connectivity index is 1.83. The first-order chi connectivity index (χ1) is 10.8. The molecule has 2 heterocycles. The molecule has 0 saturated heterocycles. The standard InChI is InChI=1S/C15H10N4O2S/c1-20-12-6-4-10(5-7-12)13-18-19-15(21-13)22-14-11(9-16)3-2-8-17-14/h2-8H,1H3. The topological polar surface area (TPSA) is 84.8 Å². The molecule has 0 fully saturated rings. The Morgan fingerprint density at radius 1 is 1.18 bits per heavy atom. The second kappa shape index (κ2) is 6.28. The lowest BCUT2D eigenvalue weighted by Crippen LogP contribution is -1.85. The Morgan fingerprint density at radius 3 is 2.73 bits per heavy atom. The molecule has 0 aliphatic rings. The van der Waals surface area contributed by atoms with Crippen LogP contribution in [0.5, 0.6) is 5.75 Å². The number of nitriles is 1. The van der Waals surface area contributed by atoms with Crippen molar-refractivity contribution in [1.29, 1.82) is 5.26 Å². The predicted octanol–water partition coefficient (Wildman–Crippen LogP) is 3.16.